The van der Waals surface area contributed by atoms with Crippen LogP contribution in [0.2, 0.25) is 0 Å². The van der Waals surface area contributed by atoms with E-state index < -0.39 is 18.2 Å². The molecule has 0 spiro atoms. The summed E-state index contributed by atoms with van der Waals surface area (Å²) in [5, 5.41) is 4.07. The van der Waals surface area contributed by atoms with Crippen molar-refractivity contribution in [1.82, 2.24) is 15.0 Å². The largest absolute Gasteiger partial charge is 0.393 e. The molecular formula is C20H22F3N3O3. The van der Waals surface area contributed by atoms with Gasteiger partial charge < -0.3 is 14.2 Å². The fourth-order valence-corrected chi connectivity index (χ4v) is 4.00. The minimum Gasteiger partial charge on any atom is -0.370 e. The van der Waals surface area contributed by atoms with Gasteiger partial charge in [0.1, 0.15) is 5.60 Å². The predicted octanol–water partition coefficient (Wildman–Crippen LogP) is 3.54. The third-order valence-corrected chi connectivity index (χ3v) is 5.78. The number of nitrogens with zero attached hydrogens (tertiary/aromatic N) is 3. The van der Waals surface area contributed by atoms with Crippen molar-refractivity contribution in [3.63, 3.8) is 0 Å². The molecule has 1 saturated carbocycles. The van der Waals surface area contributed by atoms with Crippen LogP contribution in [0.25, 0.3) is 0 Å². The van der Waals surface area contributed by atoms with Crippen molar-refractivity contribution in [3.05, 3.63) is 47.1 Å². The first-order valence-electron chi connectivity index (χ1n) is 9.56. The van der Waals surface area contributed by atoms with Gasteiger partial charge in [-0.25, -0.2) is 0 Å². The number of ether oxygens (including phenoxy) is 1. The number of likely N-dealkylation sites (tertiary alicyclic amines) is 1. The van der Waals surface area contributed by atoms with E-state index in [0.717, 1.165) is 24.8 Å². The number of hydrogen-bond acceptors (Lipinski definition) is 5. The van der Waals surface area contributed by atoms with Gasteiger partial charge >= 0.3 is 6.18 Å². The van der Waals surface area contributed by atoms with Gasteiger partial charge in [0.2, 0.25) is 18.1 Å². The van der Waals surface area contributed by atoms with Crippen LogP contribution in [0.5, 0.6) is 0 Å². The molecule has 1 aromatic heterocycles. The topological polar surface area (TPSA) is 68.5 Å². The highest BCUT2D eigenvalue weighted by Gasteiger charge is 2.49. The minimum atomic E-state index is -4.23. The van der Waals surface area contributed by atoms with E-state index in [4.69, 9.17) is 9.26 Å². The lowest BCUT2D eigenvalue weighted by molar-refractivity contribution is -0.127. The highest BCUT2D eigenvalue weighted by Crippen LogP contribution is 2.47. The number of carbonyl (C=O) groups is 1. The van der Waals surface area contributed by atoms with E-state index in [2.05, 4.69) is 10.1 Å². The van der Waals surface area contributed by atoms with Gasteiger partial charge in [-0.15, -0.1) is 0 Å². The van der Waals surface area contributed by atoms with E-state index in [-0.39, 0.29) is 17.4 Å². The minimum absolute atomic E-state index is 0.0217. The molecule has 2 fully saturated rings. The Morgan fingerprint density at radius 1 is 1.24 bits per heavy atom. The average Bonchev–Trinajstić information content (AvgIpc) is 3.34. The van der Waals surface area contributed by atoms with E-state index >= 15 is 0 Å². The normalized spacial score (nSPS) is 23.8. The molecule has 1 aliphatic heterocycles. The maximum Gasteiger partial charge on any atom is 0.393 e. The molecule has 2 unspecified atom stereocenters. The van der Waals surface area contributed by atoms with Gasteiger partial charge in [0.25, 0.3) is 0 Å². The van der Waals surface area contributed by atoms with Crippen molar-refractivity contribution >= 4 is 6.41 Å². The molecule has 2 aromatic rings. The molecule has 1 aromatic carbocycles. The van der Waals surface area contributed by atoms with Crippen LogP contribution in [0.15, 0.2) is 28.8 Å². The summed E-state index contributed by atoms with van der Waals surface area (Å²) in [4.78, 5) is 17.6. The monoisotopic (exact) mass is 409 g/mol. The maximum absolute atomic E-state index is 12.6. The number of methoxy groups -OCH3 is 1. The molecule has 29 heavy (non-hydrogen) atoms. The number of benzene rings is 1. The van der Waals surface area contributed by atoms with Crippen molar-refractivity contribution in [2.75, 3.05) is 20.2 Å². The second kappa shape index (κ2) is 7.44. The summed E-state index contributed by atoms with van der Waals surface area (Å²) in [6, 6.07) is 6.41. The van der Waals surface area contributed by atoms with Gasteiger partial charge in [-0.05, 0) is 30.4 Å². The summed E-state index contributed by atoms with van der Waals surface area (Å²) >= 11 is 0. The Labute approximate surface area is 166 Å². The van der Waals surface area contributed by atoms with Crippen molar-refractivity contribution < 1.29 is 27.2 Å². The molecule has 1 aliphatic carbocycles. The number of rotatable bonds is 6. The van der Waals surface area contributed by atoms with Crippen LogP contribution in [0.1, 0.15) is 53.9 Å². The highest BCUT2D eigenvalue weighted by atomic mass is 19.4. The highest BCUT2D eigenvalue weighted by molar-refractivity contribution is 5.48. The molecule has 0 radical (unpaired) electrons. The summed E-state index contributed by atoms with van der Waals surface area (Å²) < 4.78 is 48.7. The number of carbonyl (C=O) groups excluding carboxylic acids is 1. The van der Waals surface area contributed by atoms with Crippen molar-refractivity contribution in [2.45, 2.75) is 49.3 Å². The van der Waals surface area contributed by atoms with Crippen molar-refractivity contribution in [1.29, 1.82) is 0 Å². The number of aromatic nitrogens is 2. The molecule has 9 heteroatoms. The van der Waals surface area contributed by atoms with Crippen LogP contribution in [0, 0.1) is 0 Å². The van der Waals surface area contributed by atoms with E-state index in [1.807, 2.05) is 0 Å². The molecule has 4 rings (SSSR count). The lowest BCUT2D eigenvalue weighted by atomic mass is 9.84. The van der Waals surface area contributed by atoms with E-state index in [1.54, 1.807) is 24.1 Å². The summed E-state index contributed by atoms with van der Waals surface area (Å²) in [7, 11) is 1.62. The summed E-state index contributed by atoms with van der Waals surface area (Å²) in [6.07, 6.45) is -2.03. The quantitative estimate of drug-likeness (QED) is 0.683. The van der Waals surface area contributed by atoms with E-state index in [0.29, 0.717) is 31.2 Å². The van der Waals surface area contributed by atoms with E-state index in [1.165, 1.54) is 12.1 Å². The van der Waals surface area contributed by atoms with Gasteiger partial charge in [-0.1, -0.05) is 29.4 Å². The molecule has 1 saturated heterocycles. The van der Waals surface area contributed by atoms with Crippen LogP contribution in [0.3, 0.4) is 0 Å². The Morgan fingerprint density at radius 2 is 1.93 bits per heavy atom. The molecule has 2 atom stereocenters. The first kappa shape index (κ1) is 19.9. The molecule has 6 nitrogen and oxygen atoms in total. The van der Waals surface area contributed by atoms with Crippen LogP contribution >= 0.6 is 0 Å². The fraction of sp³-hybridized carbons (Fsp3) is 0.550. The zero-order valence-electron chi connectivity index (χ0n) is 16.0. The predicted molar refractivity (Wildman–Crippen MR) is 96.2 cm³/mol. The van der Waals surface area contributed by atoms with Crippen LogP contribution < -0.4 is 0 Å². The van der Waals surface area contributed by atoms with E-state index in [9.17, 15) is 18.0 Å². The number of piperidine rings is 1. The number of halogens is 3. The SMILES string of the molecule is COC1(c2noc(C3CC(c4ccc(CC(F)(F)F)cc4)CN(C=O)C3)n2)CC1. The Bertz CT molecular complexity index is 862. The lowest BCUT2D eigenvalue weighted by Crippen LogP contribution is -2.37. The van der Waals surface area contributed by atoms with Gasteiger partial charge in [0.05, 0.1) is 12.3 Å². The van der Waals surface area contributed by atoms with Crippen LogP contribution in [0.4, 0.5) is 13.2 Å². The second-order valence-corrected chi connectivity index (χ2v) is 7.88. The first-order valence-corrected chi connectivity index (χ1v) is 9.56. The van der Waals surface area contributed by atoms with Gasteiger partial charge in [0.15, 0.2) is 0 Å². The van der Waals surface area contributed by atoms with Gasteiger partial charge in [-0.2, -0.15) is 18.2 Å². The van der Waals surface area contributed by atoms with Gasteiger partial charge in [0, 0.05) is 26.1 Å². The second-order valence-electron chi connectivity index (χ2n) is 7.88. The Balaban J connectivity index is 1.51. The third-order valence-electron chi connectivity index (χ3n) is 5.78. The lowest BCUT2D eigenvalue weighted by Gasteiger charge is -2.34. The Morgan fingerprint density at radius 3 is 2.52 bits per heavy atom. The smallest absolute Gasteiger partial charge is 0.370 e. The molecule has 1 amide bonds. The molecule has 0 N–H and O–H groups in total. The zero-order valence-corrected chi connectivity index (χ0v) is 16.0. The molecular weight excluding hydrogens is 387 g/mol. The zero-order chi connectivity index (χ0) is 20.6. The number of amides is 1. The Kier molecular flexibility index (Phi) is 5.10. The summed E-state index contributed by atoms with van der Waals surface area (Å²) in [6.45, 7) is 0.968. The third kappa shape index (κ3) is 4.29. The maximum atomic E-state index is 12.6. The number of alkyl halides is 3. The molecule has 2 aliphatic rings. The van der Waals surface area contributed by atoms with Crippen LogP contribution in [-0.4, -0.2) is 47.8 Å². The van der Waals surface area contributed by atoms with Crippen molar-refractivity contribution in [2.24, 2.45) is 0 Å². The van der Waals surface area contributed by atoms with Crippen molar-refractivity contribution in [3.8, 4) is 0 Å². The molecule has 0 bridgehead atoms. The van der Waals surface area contributed by atoms with Gasteiger partial charge in [-0.3, -0.25) is 4.79 Å². The standard InChI is InChI=1S/C20H22F3N3O3/c1-28-19(6-7-19)18-24-17(29-25-18)16-8-15(10-26(11-16)12-27)14-4-2-13(3-5-14)9-20(21,22)23/h2-5,12,15-16H,6-11H2,1H3. The number of hydrogen-bond donors (Lipinski definition) is 0. The molecule has 156 valence electrons. The first-order chi connectivity index (χ1) is 13.8. The summed E-state index contributed by atoms with van der Waals surface area (Å²) in [5.74, 6) is 0.842. The fourth-order valence-electron chi connectivity index (χ4n) is 4.00. The molecule has 2 heterocycles. The average molecular weight is 409 g/mol. The van der Waals surface area contributed by atoms with Crippen LogP contribution in [-0.2, 0) is 21.6 Å². The Hall–Kier alpha value is -2.42. The summed E-state index contributed by atoms with van der Waals surface area (Å²) in [5.41, 5.74) is 0.661.